The van der Waals surface area contributed by atoms with Gasteiger partial charge in [-0.1, -0.05) is 0 Å². The van der Waals surface area contributed by atoms with Crippen LogP contribution in [0.2, 0.25) is 0 Å². The Kier molecular flexibility index (Phi) is 3.98. The zero-order chi connectivity index (χ0) is 13.9. The maximum absolute atomic E-state index is 12.7. The van der Waals surface area contributed by atoms with Crippen LogP contribution < -0.4 is 11.1 Å². The van der Waals surface area contributed by atoms with Crippen LogP contribution in [0.4, 0.5) is 5.82 Å². The van der Waals surface area contributed by atoms with Crippen molar-refractivity contribution in [1.82, 2.24) is 15.2 Å². The van der Waals surface area contributed by atoms with E-state index in [0.29, 0.717) is 17.4 Å². The van der Waals surface area contributed by atoms with Crippen molar-refractivity contribution in [3.63, 3.8) is 0 Å². The Morgan fingerprint density at radius 3 is 2.90 bits per heavy atom. The number of nitrogen functional groups attached to an aromatic ring is 1. The van der Waals surface area contributed by atoms with E-state index in [0.717, 1.165) is 45.3 Å². The Balaban J connectivity index is 1.78. The Hall–Kier alpha value is -1.46. The lowest BCUT2D eigenvalue weighted by atomic mass is 9.99. The zero-order valence-corrected chi connectivity index (χ0v) is 11.7. The molecule has 3 rings (SSSR count). The molecular formula is C15H22N4O. The number of hydrogen-bond donors (Lipinski definition) is 2. The van der Waals surface area contributed by atoms with E-state index in [4.69, 9.17) is 5.73 Å². The van der Waals surface area contributed by atoms with E-state index >= 15 is 0 Å². The predicted octanol–water partition coefficient (Wildman–Crippen LogP) is 1.06. The molecule has 0 saturated carbocycles. The van der Waals surface area contributed by atoms with Crippen molar-refractivity contribution < 1.29 is 4.79 Å². The van der Waals surface area contributed by atoms with Crippen molar-refractivity contribution in [2.45, 2.75) is 37.8 Å². The standard InChI is InChI=1S/C15H22N4O/c16-15-12(3-1-7-18-15)14(20)13-4-2-10-19(13)11-5-8-17-9-6-11/h1,3,7,11,13,17H,2,4-6,8-10H2,(H2,16,18). The molecule has 20 heavy (non-hydrogen) atoms. The molecule has 0 aromatic carbocycles. The second-order valence-electron chi connectivity index (χ2n) is 5.68. The number of nitrogens with two attached hydrogens (primary N) is 1. The molecule has 0 amide bonds. The highest BCUT2D eigenvalue weighted by molar-refractivity contribution is 6.03. The summed E-state index contributed by atoms with van der Waals surface area (Å²) in [5, 5.41) is 3.38. The van der Waals surface area contributed by atoms with Crippen molar-refractivity contribution in [2.24, 2.45) is 0 Å². The Morgan fingerprint density at radius 1 is 1.35 bits per heavy atom. The number of piperidine rings is 1. The second kappa shape index (κ2) is 5.89. The fourth-order valence-corrected chi connectivity index (χ4v) is 3.45. The molecule has 1 aromatic rings. The molecule has 108 valence electrons. The van der Waals surface area contributed by atoms with Gasteiger partial charge in [0.25, 0.3) is 0 Å². The lowest BCUT2D eigenvalue weighted by Gasteiger charge is -2.35. The van der Waals surface area contributed by atoms with Gasteiger partial charge in [-0.3, -0.25) is 9.69 Å². The number of aromatic nitrogens is 1. The van der Waals surface area contributed by atoms with Crippen LogP contribution in [0.15, 0.2) is 18.3 Å². The fraction of sp³-hybridized carbons (Fsp3) is 0.600. The van der Waals surface area contributed by atoms with Gasteiger partial charge in [0.05, 0.1) is 11.6 Å². The van der Waals surface area contributed by atoms with Crippen LogP contribution in [-0.4, -0.2) is 47.4 Å². The average Bonchev–Trinajstić information content (AvgIpc) is 2.97. The first-order valence-corrected chi connectivity index (χ1v) is 7.48. The molecule has 0 radical (unpaired) electrons. The van der Waals surface area contributed by atoms with Gasteiger partial charge in [0, 0.05) is 12.2 Å². The predicted molar refractivity (Wildman–Crippen MR) is 78.6 cm³/mol. The van der Waals surface area contributed by atoms with Gasteiger partial charge in [0.1, 0.15) is 5.82 Å². The number of hydrogen-bond acceptors (Lipinski definition) is 5. The fourth-order valence-electron chi connectivity index (χ4n) is 3.45. The molecule has 0 spiro atoms. The molecule has 5 nitrogen and oxygen atoms in total. The van der Waals surface area contributed by atoms with Crippen LogP contribution in [-0.2, 0) is 0 Å². The van der Waals surface area contributed by atoms with Gasteiger partial charge >= 0.3 is 0 Å². The number of Topliss-reactive ketones (excluding diaryl/α,β-unsaturated/α-hetero) is 1. The van der Waals surface area contributed by atoms with E-state index in [1.54, 1.807) is 18.3 Å². The van der Waals surface area contributed by atoms with Crippen LogP contribution in [0, 0.1) is 0 Å². The third kappa shape index (κ3) is 2.55. The Labute approximate surface area is 119 Å². The number of likely N-dealkylation sites (tertiary alicyclic amines) is 1. The normalized spacial score (nSPS) is 24.9. The number of rotatable bonds is 3. The zero-order valence-electron chi connectivity index (χ0n) is 11.7. The van der Waals surface area contributed by atoms with E-state index in [9.17, 15) is 4.79 Å². The van der Waals surface area contributed by atoms with Gasteiger partial charge in [-0.15, -0.1) is 0 Å². The average molecular weight is 274 g/mol. The first-order chi connectivity index (χ1) is 9.77. The van der Waals surface area contributed by atoms with Crippen LogP contribution >= 0.6 is 0 Å². The lowest BCUT2D eigenvalue weighted by Crippen LogP contribution is -2.48. The molecule has 2 fully saturated rings. The highest BCUT2D eigenvalue weighted by atomic mass is 16.1. The van der Waals surface area contributed by atoms with Gasteiger partial charge in [-0.05, 0) is 57.5 Å². The van der Waals surface area contributed by atoms with Crippen molar-refractivity contribution >= 4 is 11.6 Å². The number of nitrogens with zero attached hydrogens (tertiary/aromatic N) is 2. The summed E-state index contributed by atoms with van der Waals surface area (Å²) >= 11 is 0. The van der Waals surface area contributed by atoms with Gasteiger partial charge in [0.2, 0.25) is 0 Å². The summed E-state index contributed by atoms with van der Waals surface area (Å²) in [5.41, 5.74) is 6.43. The Morgan fingerprint density at radius 2 is 2.15 bits per heavy atom. The van der Waals surface area contributed by atoms with Crippen molar-refractivity contribution in [2.75, 3.05) is 25.4 Å². The molecule has 2 saturated heterocycles. The van der Waals surface area contributed by atoms with Gasteiger partial charge in [-0.2, -0.15) is 0 Å². The van der Waals surface area contributed by atoms with Crippen LogP contribution in [0.25, 0.3) is 0 Å². The maximum atomic E-state index is 12.7. The minimum atomic E-state index is -0.00963. The Bertz CT molecular complexity index is 485. The van der Waals surface area contributed by atoms with Gasteiger partial charge in [-0.25, -0.2) is 4.98 Å². The molecule has 0 aliphatic carbocycles. The molecule has 1 unspecified atom stereocenters. The minimum absolute atomic E-state index is 0.00963. The molecule has 2 aliphatic heterocycles. The van der Waals surface area contributed by atoms with Crippen molar-refractivity contribution in [3.8, 4) is 0 Å². The molecular weight excluding hydrogens is 252 g/mol. The number of carbonyl (C=O) groups is 1. The molecule has 2 aliphatic rings. The quantitative estimate of drug-likeness (QED) is 0.807. The third-order valence-electron chi connectivity index (χ3n) is 4.48. The van der Waals surface area contributed by atoms with Crippen LogP contribution in [0.3, 0.4) is 0 Å². The van der Waals surface area contributed by atoms with E-state index in [2.05, 4.69) is 15.2 Å². The highest BCUT2D eigenvalue weighted by Crippen LogP contribution is 2.27. The first kappa shape index (κ1) is 13.5. The van der Waals surface area contributed by atoms with Gasteiger partial charge < -0.3 is 11.1 Å². The highest BCUT2D eigenvalue weighted by Gasteiger charge is 2.36. The van der Waals surface area contributed by atoms with Crippen LogP contribution in [0.5, 0.6) is 0 Å². The van der Waals surface area contributed by atoms with E-state index < -0.39 is 0 Å². The third-order valence-corrected chi connectivity index (χ3v) is 4.48. The second-order valence-corrected chi connectivity index (χ2v) is 5.68. The maximum Gasteiger partial charge on any atom is 0.183 e. The van der Waals surface area contributed by atoms with E-state index in [1.807, 2.05) is 0 Å². The SMILES string of the molecule is Nc1ncccc1C(=O)C1CCCN1C1CCNCC1. The summed E-state index contributed by atoms with van der Waals surface area (Å²) in [6.07, 6.45) is 5.93. The summed E-state index contributed by atoms with van der Waals surface area (Å²) in [6, 6.07) is 4.10. The lowest BCUT2D eigenvalue weighted by molar-refractivity contribution is 0.0784. The van der Waals surface area contributed by atoms with E-state index in [1.165, 1.54) is 0 Å². The molecule has 1 aromatic heterocycles. The number of nitrogens with one attached hydrogen (secondary N) is 1. The number of pyridine rings is 1. The topological polar surface area (TPSA) is 71.2 Å². The number of anilines is 1. The molecule has 3 heterocycles. The summed E-state index contributed by atoms with van der Waals surface area (Å²) in [7, 11) is 0. The number of ketones is 1. The summed E-state index contributed by atoms with van der Waals surface area (Å²) < 4.78 is 0. The summed E-state index contributed by atoms with van der Waals surface area (Å²) in [4.78, 5) is 19.2. The summed E-state index contributed by atoms with van der Waals surface area (Å²) in [6.45, 7) is 3.13. The molecule has 0 bridgehead atoms. The smallest absolute Gasteiger partial charge is 0.183 e. The number of carbonyl (C=O) groups excluding carboxylic acids is 1. The minimum Gasteiger partial charge on any atom is -0.383 e. The van der Waals surface area contributed by atoms with E-state index in [-0.39, 0.29) is 11.8 Å². The van der Waals surface area contributed by atoms with Gasteiger partial charge in [0.15, 0.2) is 5.78 Å². The summed E-state index contributed by atoms with van der Waals surface area (Å²) in [5.74, 6) is 0.501. The van der Waals surface area contributed by atoms with Crippen molar-refractivity contribution in [3.05, 3.63) is 23.9 Å². The largest absolute Gasteiger partial charge is 0.383 e. The van der Waals surface area contributed by atoms with Crippen LogP contribution in [0.1, 0.15) is 36.0 Å². The molecule has 5 heteroatoms. The first-order valence-electron chi connectivity index (χ1n) is 7.48. The molecule has 1 atom stereocenters. The molecule has 3 N–H and O–H groups in total. The monoisotopic (exact) mass is 274 g/mol. The van der Waals surface area contributed by atoms with Crippen molar-refractivity contribution in [1.29, 1.82) is 0 Å².